The molecule has 0 aliphatic heterocycles. The lowest BCUT2D eigenvalue weighted by atomic mass is 10.2. The fourth-order valence-corrected chi connectivity index (χ4v) is 2.82. The maximum Gasteiger partial charge on any atom is 0.0635 e. The molecule has 0 fully saturated rings. The molecule has 0 aliphatic carbocycles. The van der Waals surface area contributed by atoms with Crippen molar-refractivity contribution in [1.82, 2.24) is 0 Å². The highest BCUT2D eigenvalue weighted by atomic mass is 35.5. The lowest BCUT2D eigenvalue weighted by molar-refractivity contribution is 1.33. The van der Waals surface area contributed by atoms with Gasteiger partial charge in [0.2, 0.25) is 0 Å². The number of aryl methyl sites for hydroxylation is 1. The summed E-state index contributed by atoms with van der Waals surface area (Å²) >= 11 is 7.78. The monoisotopic (exact) mass is 277 g/mol. The lowest BCUT2D eigenvalue weighted by Gasteiger charge is -2.05. The van der Waals surface area contributed by atoms with Crippen LogP contribution in [-0.2, 0) is 11.5 Å². The van der Waals surface area contributed by atoms with Gasteiger partial charge in [-0.15, -0.1) is 0 Å². The summed E-state index contributed by atoms with van der Waals surface area (Å²) in [5.41, 5.74) is 10.3. The van der Waals surface area contributed by atoms with Crippen molar-refractivity contribution in [2.45, 2.75) is 18.4 Å². The largest absolute Gasteiger partial charge is 0.398 e. The Hall–Kier alpha value is -1.12. The normalized spacial score (nSPS) is 10.6. The van der Waals surface area contributed by atoms with Gasteiger partial charge in [0.25, 0.3) is 0 Å². The predicted molar refractivity (Wildman–Crippen MR) is 82.0 cm³/mol. The second kappa shape index (κ2) is 6.17. The molecular formula is C15H16ClNS. The van der Waals surface area contributed by atoms with Crippen molar-refractivity contribution in [2.24, 2.45) is 0 Å². The highest BCUT2D eigenvalue weighted by molar-refractivity contribution is 7.97. The molecular weight excluding hydrogens is 262 g/mol. The number of nitrogen functional groups attached to an aromatic ring is 1. The molecule has 0 saturated heterocycles. The number of hydrogen-bond acceptors (Lipinski definition) is 2. The van der Waals surface area contributed by atoms with Gasteiger partial charge in [-0.05, 0) is 30.2 Å². The molecule has 2 aromatic rings. The zero-order valence-electron chi connectivity index (χ0n) is 10.3. The van der Waals surface area contributed by atoms with E-state index in [9.17, 15) is 0 Å². The molecule has 2 aromatic carbocycles. The smallest absolute Gasteiger partial charge is 0.0635 e. The van der Waals surface area contributed by atoms with Crippen molar-refractivity contribution < 1.29 is 0 Å². The lowest BCUT2D eigenvalue weighted by Crippen LogP contribution is -1.89. The van der Waals surface area contributed by atoms with Gasteiger partial charge in [-0.2, -0.15) is 11.8 Å². The molecule has 1 nitrogen and oxygen atoms in total. The second-order valence-electron chi connectivity index (χ2n) is 4.34. The van der Waals surface area contributed by atoms with Crippen molar-refractivity contribution in [2.75, 3.05) is 5.73 Å². The first-order chi connectivity index (χ1) is 8.65. The minimum absolute atomic E-state index is 0.627. The molecule has 0 atom stereocenters. The van der Waals surface area contributed by atoms with E-state index in [0.29, 0.717) is 10.7 Å². The van der Waals surface area contributed by atoms with E-state index in [4.69, 9.17) is 17.3 Å². The summed E-state index contributed by atoms with van der Waals surface area (Å²) in [6.45, 7) is 2.12. The third kappa shape index (κ3) is 3.69. The number of nitrogens with two attached hydrogens (primary N) is 1. The van der Waals surface area contributed by atoms with E-state index < -0.39 is 0 Å². The van der Waals surface area contributed by atoms with E-state index in [1.165, 1.54) is 16.7 Å². The SMILES string of the molecule is Cc1cccc(CSCc2ccc(Cl)c(N)c2)c1. The van der Waals surface area contributed by atoms with Crippen LogP contribution in [-0.4, -0.2) is 0 Å². The summed E-state index contributed by atoms with van der Waals surface area (Å²) in [6.07, 6.45) is 0. The van der Waals surface area contributed by atoms with Crippen LogP contribution in [0.3, 0.4) is 0 Å². The summed E-state index contributed by atoms with van der Waals surface area (Å²) in [6, 6.07) is 14.5. The van der Waals surface area contributed by atoms with Gasteiger partial charge in [0.1, 0.15) is 0 Å². The summed E-state index contributed by atoms with van der Waals surface area (Å²) in [4.78, 5) is 0. The van der Waals surface area contributed by atoms with Gasteiger partial charge in [-0.25, -0.2) is 0 Å². The molecule has 18 heavy (non-hydrogen) atoms. The van der Waals surface area contributed by atoms with Gasteiger partial charge in [-0.1, -0.05) is 47.5 Å². The van der Waals surface area contributed by atoms with E-state index in [1.807, 2.05) is 30.0 Å². The first-order valence-electron chi connectivity index (χ1n) is 5.82. The van der Waals surface area contributed by atoms with Crippen LogP contribution in [0, 0.1) is 6.92 Å². The number of hydrogen-bond donors (Lipinski definition) is 1. The van der Waals surface area contributed by atoms with E-state index in [2.05, 4.69) is 31.2 Å². The fourth-order valence-electron chi connectivity index (χ4n) is 1.77. The minimum Gasteiger partial charge on any atom is -0.398 e. The molecule has 0 aromatic heterocycles. The van der Waals surface area contributed by atoms with Crippen LogP contribution in [0.25, 0.3) is 0 Å². The Balaban J connectivity index is 1.90. The molecule has 0 spiro atoms. The van der Waals surface area contributed by atoms with Gasteiger partial charge in [0, 0.05) is 11.5 Å². The van der Waals surface area contributed by atoms with E-state index in [1.54, 1.807) is 0 Å². The molecule has 3 heteroatoms. The van der Waals surface area contributed by atoms with E-state index >= 15 is 0 Å². The molecule has 0 aliphatic rings. The molecule has 2 N–H and O–H groups in total. The van der Waals surface area contributed by atoms with Gasteiger partial charge >= 0.3 is 0 Å². The summed E-state index contributed by atoms with van der Waals surface area (Å²) in [7, 11) is 0. The second-order valence-corrected chi connectivity index (χ2v) is 5.73. The average molecular weight is 278 g/mol. The summed E-state index contributed by atoms with van der Waals surface area (Å²) < 4.78 is 0. The number of thioether (sulfide) groups is 1. The average Bonchev–Trinajstić information content (AvgIpc) is 2.34. The highest BCUT2D eigenvalue weighted by Gasteiger charge is 2.00. The Morgan fingerprint density at radius 3 is 2.44 bits per heavy atom. The quantitative estimate of drug-likeness (QED) is 0.822. The minimum atomic E-state index is 0.627. The number of anilines is 1. The Morgan fingerprint density at radius 1 is 1.06 bits per heavy atom. The summed E-state index contributed by atoms with van der Waals surface area (Å²) in [5.74, 6) is 1.97. The molecule has 0 radical (unpaired) electrons. The third-order valence-corrected chi connectivity index (χ3v) is 4.10. The van der Waals surface area contributed by atoms with Crippen LogP contribution < -0.4 is 5.73 Å². The number of halogens is 1. The molecule has 0 amide bonds. The first kappa shape index (κ1) is 13.3. The zero-order valence-corrected chi connectivity index (χ0v) is 11.9. The zero-order chi connectivity index (χ0) is 13.0. The van der Waals surface area contributed by atoms with Gasteiger partial charge in [-0.3, -0.25) is 0 Å². The van der Waals surface area contributed by atoms with Crippen molar-refractivity contribution in [3.8, 4) is 0 Å². The van der Waals surface area contributed by atoms with E-state index in [-0.39, 0.29) is 0 Å². The third-order valence-electron chi connectivity index (χ3n) is 2.68. The molecule has 0 saturated carbocycles. The van der Waals surface area contributed by atoms with Crippen LogP contribution >= 0.6 is 23.4 Å². The van der Waals surface area contributed by atoms with Crippen molar-refractivity contribution in [3.63, 3.8) is 0 Å². The molecule has 94 valence electrons. The first-order valence-corrected chi connectivity index (χ1v) is 7.35. The Bertz CT molecular complexity index is 540. The van der Waals surface area contributed by atoms with Crippen molar-refractivity contribution in [3.05, 3.63) is 64.2 Å². The highest BCUT2D eigenvalue weighted by Crippen LogP contribution is 2.24. The topological polar surface area (TPSA) is 26.0 Å². The van der Waals surface area contributed by atoms with Gasteiger partial charge in [0.15, 0.2) is 0 Å². The van der Waals surface area contributed by atoms with Crippen molar-refractivity contribution in [1.29, 1.82) is 0 Å². The van der Waals surface area contributed by atoms with Crippen LogP contribution in [0.4, 0.5) is 5.69 Å². The molecule has 0 bridgehead atoms. The Kier molecular flexibility index (Phi) is 4.56. The van der Waals surface area contributed by atoms with Crippen LogP contribution in [0.15, 0.2) is 42.5 Å². The Morgan fingerprint density at radius 2 is 1.78 bits per heavy atom. The van der Waals surface area contributed by atoms with Crippen LogP contribution in [0.5, 0.6) is 0 Å². The van der Waals surface area contributed by atoms with Crippen LogP contribution in [0.2, 0.25) is 5.02 Å². The number of rotatable bonds is 4. The van der Waals surface area contributed by atoms with Gasteiger partial charge in [0.05, 0.1) is 10.7 Å². The maximum atomic E-state index is 5.90. The maximum absolute atomic E-state index is 5.90. The Labute approximate surface area is 117 Å². The van der Waals surface area contributed by atoms with Crippen LogP contribution in [0.1, 0.15) is 16.7 Å². The van der Waals surface area contributed by atoms with Gasteiger partial charge < -0.3 is 5.73 Å². The predicted octanol–water partition coefficient (Wildman–Crippen LogP) is 4.66. The summed E-state index contributed by atoms with van der Waals surface area (Å²) in [5, 5.41) is 0.627. The number of benzene rings is 2. The molecule has 0 heterocycles. The fraction of sp³-hybridized carbons (Fsp3) is 0.200. The van der Waals surface area contributed by atoms with E-state index in [0.717, 1.165) is 11.5 Å². The molecule has 0 unspecified atom stereocenters. The molecule has 2 rings (SSSR count). The standard InChI is InChI=1S/C15H16ClNS/c1-11-3-2-4-12(7-11)9-18-10-13-5-6-14(16)15(17)8-13/h2-8H,9-10,17H2,1H3. The van der Waals surface area contributed by atoms with Crippen molar-refractivity contribution >= 4 is 29.1 Å².